The molecule has 1 nitrogen and oxygen atoms in total. The van der Waals surface area contributed by atoms with Crippen LogP contribution in [0.25, 0.3) is 0 Å². The molecule has 0 bridgehead atoms. The highest BCUT2D eigenvalue weighted by Gasteiger charge is 2.25. The highest BCUT2D eigenvalue weighted by atomic mass is 14.6. The van der Waals surface area contributed by atoms with Gasteiger partial charge in [0.15, 0.2) is 0 Å². The van der Waals surface area contributed by atoms with Crippen molar-refractivity contribution in [3.05, 3.63) is 0 Å². The first-order chi connectivity index (χ1) is 5.16. The summed E-state index contributed by atoms with van der Waals surface area (Å²) in [6, 6.07) is 0.489. The van der Waals surface area contributed by atoms with Crippen LogP contribution in [-0.2, 0) is 0 Å². The lowest BCUT2D eigenvalue weighted by atomic mass is 9.80. The van der Waals surface area contributed by atoms with E-state index in [0.29, 0.717) is 11.5 Å². The third-order valence-electron chi connectivity index (χ3n) is 3.33. The van der Waals surface area contributed by atoms with Crippen molar-refractivity contribution in [1.82, 2.24) is 0 Å². The predicted molar refractivity (Wildman–Crippen MR) is 49.5 cm³/mol. The van der Waals surface area contributed by atoms with E-state index < -0.39 is 0 Å². The number of hydrogen-bond acceptors (Lipinski definition) is 1. The fourth-order valence-electron chi connectivity index (χ4n) is 1.95. The Kier molecular flexibility index (Phi) is 2.94. The average molecular weight is 155 g/mol. The Labute approximate surface area is 70.4 Å². The van der Waals surface area contributed by atoms with Crippen molar-refractivity contribution in [1.29, 1.82) is 0 Å². The number of rotatable bonds is 1. The smallest absolute Gasteiger partial charge is 0.00390 e. The van der Waals surface area contributed by atoms with E-state index in [1.165, 1.54) is 38.5 Å². The molecule has 0 aromatic carbocycles. The molecule has 0 aliphatic heterocycles. The Balaban J connectivity index is 2.45. The Hall–Kier alpha value is -0.0400. The third-order valence-corrected chi connectivity index (χ3v) is 3.33. The SMILES string of the molecule is CC[C@@]1(C)CCC[C@@H](N)CC1. The maximum Gasteiger partial charge on any atom is 0.00390 e. The molecule has 1 aliphatic rings. The van der Waals surface area contributed by atoms with Crippen LogP contribution in [0.15, 0.2) is 0 Å². The van der Waals surface area contributed by atoms with Gasteiger partial charge in [-0.3, -0.25) is 0 Å². The second-order valence-electron chi connectivity index (χ2n) is 4.36. The van der Waals surface area contributed by atoms with Gasteiger partial charge in [-0.2, -0.15) is 0 Å². The minimum atomic E-state index is 0.489. The van der Waals surface area contributed by atoms with Crippen LogP contribution in [0, 0.1) is 5.41 Å². The fraction of sp³-hybridized carbons (Fsp3) is 1.00. The topological polar surface area (TPSA) is 26.0 Å². The first-order valence-corrected chi connectivity index (χ1v) is 4.92. The summed E-state index contributed by atoms with van der Waals surface area (Å²) in [5.41, 5.74) is 6.52. The van der Waals surface area contributed by atoms with Crippen LogP contribution < -0.4 is 5.73 Å². The van der Waals surface area contributed by atoms with Crippen molar-refractivity contribution in [3.63, 3.8) is 0 Å². The van der Waals surface area contributed by atoms with Crippen molar-refractivity contribution in [3.8, 4) is 0 Å². The maximum absolute atomic E-state index is 5.91. The number of hydrogen-bond donors (Lipinski definition) is 1. The van der Waals surface area contributed by atoms with Gasteiger partial charge in [-0.15, -0.1) is 0 Å². The van der Waals surface area contributed by atoms with E-state index in [1.807, 2.05) is 0 Å². The highest BCUT2D eigenvalue weighted by molar-refractivity contribution is 4.79. The highest BCUT2D eigenvalue weighted by Crippen LogP contribution is 2.36. The molecular weight excluding hydrogens is 134 g/mol. The lowest BCUT2D eigenvalue weighted by Crippen LogP contribution is -2.19. The molecular formula is C10H21N. The Morgan fingerprint density at radius 2 is 2.09 bits per heavy atom. The average Bonchev–Trinajstić information content (AvgIpc) is 2.15. The van der Waals surface area contributed by atoms with Crippen LogP contribution in [0.1, 0.15) is 52.4 Å². The maximum atomic E-state index is 5.91. The molecule has 2 atom stereocenters. The molecule has 0 aromatic heterocycles. The third kappa shape index (κ3) is 2.48. The van der Waals surface area contributed by atoms with Gasteiger partial charge in [-0.25, -0.2) is 0 Å². The monoisotopic (exact) mass is 155 g/mol. The van der Waals surface area contributed by atoms with Gasteiger partial charge < -0.3 is 5.73 Å². The largest absolute Gasteiger partial charge is 0.328 e. The summed E-state index contributed by atoms with van der Waals surface area (Å²) in [7, 11) is 0. The van der Waals surface area contributed by atoms with Gasteiger partial charge >= 0.3 is 0 Å². The molecule has 0 radical (unpaired) electrons. The summed E-state index contributed by atoms with van der Waals surface area (Å²) in [6.07, 6.45) is 7.87. The van der Waals surface area contributed by atoms with E-state index in [0.717, 1.165) is 0 Å². The van der Waals surface area contributed by atoms with Crippen LogP contribution in [0.4, 0.5) is 0 Å². The second-order valence-corrected chi connectivity index (χ2v) is 4.36. The van der Waals surface area contributed by atoms with Crippen molar-refractivity contribution in [2.45, 2.75) is 58.4 Å². The van der Waals surface area contributed by atoms with Crippen LogP contribution >= 0.6 is 0 Å². The zero-order valence-electron chi connectivity index (χ0n) is 7.90. The second kappa shape index (κ2) is 3.57. The van der Waals surface area contributed by atoms with E-state index in [2.05, 4.69) is 13.8 Å². The van der Waals surface area contributed by atoms with Crippen LogP contribution in [0.3, 0.4) is 0 Å². The molecule has 0 amide bonds. The molecule has 0 heterocycles. The van der Waals surface area contributed by atoms with Crippen molar-refractivity contribution < 1.29 is 0 Å². The van der Waals surface area contributed by atoms with E-state index in [1.54, 1.807) is 0 Å². The fourth-order valence-corrected chi connectivity index (χ4v) is 1.95. The summed E-state index contributed by atoms with van der Waals surface area (Å²) in [5.74, 6) is 0. The molecule has 1 rings (SSSR count). The summed E-state index contributed by atoms with van der Waals surface area (Å²) in [6.45, 7) is 4.71. The van der Waals surface area contributed by atoms with Crippen LogP contribution in [0.5, 0.6) is 0 Å². The Morgan fingerprint density at radius 3 is 2.73 bits per heavy atom. The zero-order chi connectivity index (χ0) is 8.32. The minimum Gasteiger partial charge on any atom is -0.328 e. The predicted octanol–water partition coefficient (Wildman–Crippen LogP) is 2.69. The van der Waals surface area contributed by atoms with Gasteiger partial charge in [0.25, 0.3) is 0 Å². The van der Waals surface area contributed by atoms with Crippen molar-refractivity contribution >= 4 is 0 Å². The Bertz CT molecular complexity index is 122. The van der Waals surface area contributed by atoms with Gasteiger partial charge in [-0.05, 0) is 31.1 Å². The molecule has 66 valence electrons. The quantitative estimate of drug-likeness (QED) is 0.579. The van der Waals surface area contributed by atoms with Crippen LogP contribution in [0.2, 0.25) is 0 Å². The molecule has 0 unspecified atom stereocenters. The number of nitrogens with two attached hydrogens (primary N) is 1. The minimum absolute atomic E-state index is 0.489. The van der Waals surface area contributed by atoms with Gasteiger partial charge in [0.05, 0.1) is 0 Å². The van der Waals surface area contributed by atoms with E-state index in [4.69, 9.17) is 5.73 Å². The van der Waals surface area contributed by atoms with Crippen molar-refractivity contribution in [2.24, 2.45) is 11.1 Å². The molecule has 11 heavy (non-hydrogen) atoms. The molecule has 0 aromatic rings. The van der Waals surface area contributed by atoms with Crippen LogP contribution in [-0.4, -0.2) is 6.04 Å². The van der Waals surface area contributed by atoms with Gasteiger partial charge in [0.2, 0.25) is 0 Å². The molecule has 1 saturated carbocycles. The molecule has 0 spiro atoms. The summed E-state index contributed by atoms with van der Waals surface area (Å²) < 4.78 is 0. The lowest BCUT2D eigenvalue weighted by Gasteiger charge is -2.25. The molecule has 0 saturated heterocycles. The van der Waals surface area contributed by atoms with E-state index in [9.17, 15) is 0 Å². The Morgan fingerprint density at radius 1 is 1.36 bits per heavy atom. The summed E-state index contributed by atoms with van der Waals surface area (Å²) in [5, 5.41) is 0. The van der Waals surface area contributed by atoms with E-state index in [-0.39, 0.29) is 0 Å². The standard InChI is InChI=1S/C10H21N/c1-3-10(2)7-4-5-9(11)6-8-10/h9H,3-8,11H2,1-2H3/t9-,10+/m1/s1. The molecule has 1 heteroatoms. The molecule has 2 N–H and O–H groups in total. The first kappa shape index (κ1) is 9.05. The summed E-state index contributed by atoms with van der Waals surface area (Å²) in [4.78, 5) is 0. The lowest BCUT2D eigenvalue weighted by molar-refractivity contribution is 0.265. The normalized spacial score (nSPS) is 40.1. The van der Waals surface area contributed by atoms with Crippen molar-refractivity contribution in [2.75, 3.05) is 0 Å². The van der Waals surface area contributed by atoms with Gasteiger partial charge in [0.1, 0.15) is 0 Å². The van der Waals surface area contributed by atoms with Gasteiger partial charge in [0, 0.05) is 6.04 Å². The molecule has 1 aliphatic carbocycles. The molecule has 1 fully saturated rings. The zero-order valence-corrected chi connectivity index (χ0v) is 7.90. The van der Waals surface area contributed by atoms with E-state index >= 15 is 0 Å². The first-order valence-electron chi connectivity index (χ1n) is 4.92. The summed E-state index contributed by atoms with van der Waals surface area (Å²) >= 11 is 0. The van der Waals surface area contributed by atoms with Gasteiger partial charge in [-0.1, -0.05) is 26.7 Å².